The second-order valence-corrected chi connectivity index (χ2v) is 4.58. The molecule has 4 nitrogen and oxygen atoms in total. The molecule has 0 saturated carbocycles. The molecule has 106 valence electrons. The van der Waals surface area contributed by atoms with Crippen molar-refractivity contribution in [2.45, 2.75) is 20.0 Å². The van der Waals surface area contributed by atoms with Gasteiger partial charge in [0.15, 0.2) is 0 Å². The number of hydrogen-bond donors (Lipinski definition) is 1. The fraction of sp³-hybridized carbons (Fsp3) is 0.312. The topological polar surface area (TPSA) is 51.6 Å². The molecule has 0 fully saturated rings. The Morgan fingerprint density at radius 2 is 1.95 bits per heavy atom. The average Bonchev–Trinajstić information content (AvgIpc) is 2.47. The number of aliphatic hydroxyl groups is 1. The Labute approximate surface area is 119 Å². The van der Waals surface area contributed by atoms with E-state index in [-0.39, 0.29) is 6.61 Å². The second kappa shape index (κ2) is 7.03. The average molecular weight is 273 g/mol. The van der Waals surface area contributed by atoms with Gasteiger partial charge in [-0.2, -0.15) is 0 Å². The number of methoxy groups -OCH3 is 1. The van der Waals surface area contributed by atoms with Gasteiger partial charge in [0.2, 0.25) is 0 Å². The summed E-state index contributed by atoms with van der Waals surface area (Å²) in [6.45, 7) is 2.51. The first kappa shape index (κ1) is 14.5. The fourth-order valence-corrected chi connectivity index (χ4v) is 1.85. The first-order valence-electron chi connectivity index (χ1n) is 6.55. The minimum absolute atomic E-state index is 0.0888. The molecule has 1 aromatic heterocycles. The van der Waals surface area contributed by atoms with Gasteiger partial charge < -0.3 is 14.6 Å². The number of aryl methyl sites for hydroxylation is 1. The van der Waals surface area contributed by atoms with Gasteiger partial charge in [0.25, 0.3) is 0 Å². The lowest BCUT2D eigenvalue weighted by atomic mass is 10.1. The number of aliphatic hydroxyl groups excluding tert-OH is 1. The Kier molecular flexibility index (Phi) is 5.09. The lowest BCUT2D eigenvalue weighted by Gasteiger charge is -2.10. The summed E-state index contributed by atoms with van der Waals surface area (Å²) < 4.78 is 10.9. The van der Waals surface area contributed by atoms with Crippen molar-refractivity contribution in [1.29, 1.82) is 0 Å². The van der Waals surface area contributed by atoms with Gasteiger partial charge in [-0.25, -0.2) is 0 Å². The SMILES string of the molecule is COCCc1ccc(Oc2cc(C)ncc2CO)cc1. The van der Waals surface area contributed by atoms with Crippen molar-refractivity contribution in [2.75, 3.05) is 13.7 Å². The van der Waals surface area contributed by atoms with Crippen molar-refractivity contribution in [3.05, 3.63) is 53.3 Å². The summed E-state index contributed by atoms with van der Waals surface area (Å²) in [5.41, 5.74) is 2.74. The van der Waals surface area contributed by atoms with Gasteiger partial charge >= 0.3 is 0 Å². The maximum atomic E-state index is 9.29. The van der Waals surface area contributed by atoms with Crippen LogP contribution in [-0.4, -0.2) is 23.8 Å². The number of aromatic nitrogens is 1. The van der Waals surface area contributed by atoms with Crippen molar-refractivity contribution in [1.82, 2.24) is 4.98 Å². The molecule has 20 heavy (non-hydrogen) atoms. The third-order valence-electron chi connectivity index (χ3n) is 3.00. The van der Waals surface area contributed by atoms with Gasteiger partial charge in [0.05, 0.1) is 13.2 Å². The van der Waals surface area contributed by atoms with E-state index in [1.54, 1.807) is 13.3 Å². The van der Waals surface area contributed by atoms with Crippen molar-refractivity contribution in [3.63, 3.8) is 0 Å². The first-order valence-corrected chi connectivity index (χ1v) is 6.55. The van der Waals surface area contributed by atoms with Crippen molar-refractivity contribution in [3.8, 4) is 11.5 Å². The third-order valence-corrected chi connectivity index (χ3v) is 3.00. The van der Waals surface area contributed by atoms with Crippen LogP contribution in [0.4, 0.5) is 0 Å². The smallest absolute Gasteiger partial charge is 0.136 e. The zero-order valence-corrected chi connectivity index (χ0v) is 11.8. The van der Waals surface area contributed by atoms with E-state index >= 15 is 0 Å². The highest BCUT2D eigenvalue weighted by atomic mass is 16.5. The minimum atomic E-state index is -0.0888. The maximum Gasteiger partial charge on any atom is 0.136 e. The quantitative estimate of drug-likeness (QED) is 0.879. The minimum Gasteiger partial charge on any atom is -0.457 e. The molecule has 1 heterocycles. The number of nitrogens with zero attached hydrogens (tertiary/aromatic N) is 1. The largest absolute Gasteiger partial charge is 0.457 e. The molecule has 1 aromatic carbocycles. The molecule has 2 aromatic rings. The summed E-state index contributed by atoms with van der Waals surface area (Å²) in [5.74, 6) is 1.39. The van der Waals surface area contributed by atoms with E-state index in [0.29, 0.717) is 17.9 Å². The Bertz CT molecular complexity index is 552. The van der Waals surface area contributed by atoms with Gasteiger partial charge in [-0.15, -0.1) is 0 Å². The van der Waals surface area contributed by atoms with E-state index in [0.717, 1.165) is 17.9 Å². The highest BCUT2D eigenvalue weighted by Gasteiger charge is 2.06. The summed E-state index contributed by atoms with van der Waals surface area (Å²) in [7, 11) is 1.69. The van der Waals surface area contributed by atoms with E-state index in [1.807, 2.05) is 37.3 Å². The van der Waals surface area contributed by atoms with E-state index in [4.69, 9.17) is 9.47 Å². The number of hydrogen-bond acceptors (Lipinski definition) is 4. The molecular weight excluding hydrogens is 254 g/mol. The van der Waals surface area contributed by atoms with Crippen LogP contribution in [0.5, 0.6) is 11.5 Å². The molecule has 2 rings (SSSR count). The zero-order chi connectivity index (χ0) is 14.4. The van der Waals surface area contributed by atoms with Crippen LogP contribution in [0.2, 0.25) is 0 Å². The Balaban J connectivity index is 2.11. The highest BCUT2D eigenvalue weighted by molar-refractivity contribution is 5.38. The standard InChI is InChI=1S/C16H19NO3/c1-12-9-16(14(11-18)10-17-12)20-15-5-3-13(4-6-15)7-8-19-2/h3-6,9-10,18H,7-8,11H2,1-2H3. The molecule has 0 spiro atoms. The predicted molar refractivity (Wildman–Crippen MR) is 77.0 cm³/mol. The van der Waals surface area contributed by atoms with Crippen LogP contribution in [0.15, 0.2) is 36.5 Å². The number of ether oxygens (including phenoxy) is 2. The lowest BCUT2D eigenvalue weighted by molar-refractivity contribution is 0.202. The molecule has 1 N–H and O–H groups in total. The van der Waals surface area contributed by atoms with Crippen LogP contribution in [0.3, 0.4) is 0 Å². The van der Waals surface area contributed by atoms with Crippen molar-refractivity contribution < 1.29 is 14.6 Å². The molecule has 0 saturated heterocycles. The van der Waals surface area contributed by atoms with Crippen LogP contribution < -0.4 is 4.74 Å². The molecule has 0 aliphatic heterocycles. The van der Waals surface area contributed by atoms with Crippen LogP contribution in [0, 0.1) is 6.92 Å². The summed E-state index contributed by atoms with van der Waals surface area (Å²) in [6.07, 6.45) is 2.52. The van der Waals surface area contributed by atoms with E-state index in [9.17, 15) is 5.11 Å². The van der Waals surface area contributed by atoms with Gasteiger partial charge in [0.1, 0.15) is 11.5 Å². The van der Waals surface area contributed by atoms with Gasteiger partial charge in [-0.3, -0.25) is 4.98 Å². The molecular formula is C16H19NO3. The Morgan fingerprint density at radius 3 is 2.60 bits per heavy atom. The molecule has 0 aliphatic rings. The third kappa shape index (κ3) is 3.79. The van der Waals surface area contributed by atoms with Crippen molar-refractivity contribution in [2.24, 2.45) is 0 Å². The first-order chi connectivity index (χ1) is 9.72. The summed E-state index contributed by atoms with van der Waals surface area (Å²) in [6, 6.07) is 9.69. The Hall–Kier alpha value is -1.91. The molecule has 0 amide bonds. The van der Waals surface area contributed by atoms with Crippen LogP contribution in [0.25, 0.3) is 0 Å². The van der Waals surface area contributed by atoms with Crippen LogP contribution in [-0.2, 0) is 17.8 Å². The summed E-state index contributed by atoms with van der Waals surface area (Å²) >= 11 is 0. The zero-order valence-electron chi connectivity index (χ0n) is 11.8. The molecule has 0 aliphatic carbocycles. The molecule has 4 heteroatoms. The van der Waals surface area contributed by atoms with E-state index in [2.05, 4.69) is 4.98 Å². The molecule has 0 bridgehead atoms. The normalized spacial score (nSPS) is 10.6. The number of rotatable bonds is 6. The van der Waals surface area contributed by atoms with Gasteiger partial charge in [0, 0.05) is 30.6 Å². The van der Waals surface area contributed by atoms with Gasteiger partial charge in [-0.1, -0.05) is 12.1 Å². The van der Waals surface area contributed by atoms with Crippen molar-refractivity contribution >= 4 is 0 Å². The van der Waals surface area contributed by atoms with E-state index < -0.39 is 0 Å². The summed E-state index contributed by atoms with van der Waals surface area (Å²) in [5, 5.41) is 9.29. The van der Waals surface area contributed by atoms with Crippen LogP contribution >= 0.6 is 0 Å². The molecule has 0 unspecified atom stereocenters. The van der Waals surface area contributed by atoms with Crippen LogP contribution in [0.1, 0.15) is 16.8 Å². The lowest BCUT2D eigenvalue weighted by Crippen LogP contribution is -1.96. The predicted octanol–water partition coefficient (Wildman–Crippen LogP) is 2.86. The van der Waals surface area contributed by atoms with Gasteiger partial charge in [-0.05, 0) is 31.0 Å². The Morgan fingerprint density at radius 1 is 1.20 bits per heavy atom. The number of benzene rings is 1. The van der Waals surface area contributed by atoms with E-state index in [1.165, 1.54) is 5.56 Å². The summed E-state index contributed by atoms with van der Waals surface area (Å²) in [4.78, 5) is 4.15. The highest BCUT2D eigenvalue weighted by Crippen LogP contribution is 2.26. The second-order valence-electron chi connectivity index (χ2n) is 4.58. The fourth-order valence-electron chi connectivity index (χ4n) is 1.85. The number of pyridine rings is 1. The molecule has 0 atom stereocenters. The molecule has 0 radical (unpaired) electrons. The monoisotopic (exact) mass is 273 g/mol. The maximum absolute atomic E-state index is 9.29.